The van der Waals surface area contributed by atoms with Crippen LogP contribution in [-0.2, 0) is 0 Å². The maximum Gasteiger partial charge on any atom is 0.166 e. The van der Waals surface area contributed by atoms with Gasteiger partial charge in [-0.05, 0) is 38.1 Å². The van der Waals surface area contributed by atoms with E-state index in [1.165, 1.54) is 5.56 Å². The van der Waals surface area contributed by atoms with Crippen molar-refractivity contribution in [1.82, 2.24) is 15.3 Å². The molecule has 1 heterocycles. The van der Waals surface area contributed by atoms with Gasteiger partial charge in [-0.15, -0.1) is 0 Å². The number of thioether (sulfide) groups is 1. The molecule has 0 bridgehead atoms. The summed E-state index contributed by atoms with van der Waals surface area (Å²) in [5.41, 5.74) is 3.43. The minimum atomic E-state index is 0.481. The number of aryl methyl sites for hydroxylation is 1. The Kier molecular flexibility index (Phi) is 4.30. The van der Waals surface area contributed by atoms with Gasteiger partial charge in [0.2, 0.25) is 0 Å². The third kappa shape index (κ3) is 3.06. The normalized spacial score (nSPS) is 14.9. The quantitative estimate of drug-likeness (QED) is 0.813. The second-order valence-corrected chi connectivity index (χ2v) is 6.10. The minimum Gasteiger partial charge on any atom is -0.333 e. The first-order valence-electron chi connectivity index (χ1n) is 6.46. The Labute approximate surface area is 113 Å². The molecule has 0 saturated heterocycles. The Bertz CT molecular complexity index is 521. The zero-order valence-electron chi connectivity index (χ0n) is 11.4. The highest BCUT2D eigenvalue weighted by Crippen LogP contribution is 2.25. The Morgan fingerprint density at radius 2 is 2.17 bits per heavy atom. The molecule has 1 aromatic carbocycles. The first kappa shape index (κ1) is 13.4. The topological polar surface area (TPSA) is 40.7 Å². The van der Waals surface area contributed by atoms with Crippen LogP contribution in [0.15, 0.2) is 23.4 Å². The average Bonchev–Trinajstić information content (AvgIpc) is 2.70. The Morgan fingerprint density at radius 1 is 1.39 bits per heavy atom. The van der Waals surface area contributed by atoms with Crippen LogP contribution in [0.2, 0.25) is 0 Å². The van der Waals surface area contributed by atoms with Gasteiger partial charge in [-0.3, -0.25) is 0 Å². The molecule has 0 aliphatic carbocycles. The zero-order chi connectivity index (χ0) is 13.1. The molecule has 0 amide bonds. The average molecular weight is 263 g/mol. The molecular weight excluding hydrogens is 242 g/mol. The van der Waals surface area contributed by atoms with Crippen molar-refractivity contribution in [3.63, 3.8) is 0 Å². The second kappa shape index (κ2) is 5.76. The fraction of sp³-hybridized carbons (Fsp3) is 0.500. The maximum absolute atomic E-state index is 4.62. The molecule has 2 atom stereocenters. The van der Waals surface area contributed by atoms with Crippen LogP contribution in [0.25, 0.3) is 11.0 Å². The fourth-order valence-electron chi connectivity index (χ4n) is 1.92. The summed E-state index contributed by atoms with van der Waals surface area (Å²) in [6, 6.07) is 6.80. The van der Waals surface area contributed by atoms with Crippen molar-refractivity contribution < 1.29 is 0 Å². The van der Waals surface area contributed by atoms with Crippen LogP contribution in [-0.4, -0.2) is 27.8 Å². The van der Waals surface area contributed by atoms with Crippen molar-refractivity contribution in [2.45, 2.75) is 44.1 Å². The fourth-order valence-corrected chi connectivity index (χ4v) is 2.89. The molecule has 3 nitrogen and oxygen atoms in total. The number of nitrogens with one attached hydrogen (secondary N) is 2. The summed E-state index contributed by atoms with van der Waals surface area (Å²) in [5, 5.41) is 4.95. The predicted molar refractivity (Wildman–Crippen MR) is 79.3 cm³/mol. The van der Waals surface area contributed by atoms with Gasteiger partial charge < -0.3 is 10.3 Å². The number of H-pyrrole nitrogens is 1. The lowest BCUT2D eigenvalue weighted by Gasteiger charge is -2.18. The monoisotopic (exact) mass is 263 g/mol. The van der Waals surface area contributed by atoms with Crippen LogP contribution in [0.5, 0.6) is 0 Å². The third-order valence-electron chi connectivity index (χ3n) is 3.14. The van der Waals surface area contributed by atoms with Gasteiger partial charge in [-0.2, -0.15) is 0 Å². The summed E-state index contributed by atoms with van der Waals surface area (Å²) < 4.78 is 0. The van der Waals surface area contributed by atoms with Gasteiger partial charge >= 0.3 is 0 Å². The highest BCUT2D eigenvalue weighted by Gasteiger charge is 2.14. The van der Waals surface area contributed by atoms with Crippen LogP contribution < -0.4 is 5.32 Å². The van der Waals surface area contributed by atoms with E-state index in [0.717, 1.165) is 22.7 Å². The second-order valence-electron chi connectivity index (χ2n) is 4.73. The van der Waals surface area contributed by atoms with Gasteiger partial charge in [0.15, 0.2) is 5.16 Å². The summed E-state index contributed by atoms with van der Waals surface area (Å²) in [6.07, 6.45) is 0. The van der Waals surface area contributed by atoms with Gasteiger partial charge in [-0.1, -0.05) is 31.7 Å². The smallest absolute Gasteiger partial charge is 0.166 e. The third-order valence-corrected chi connectivity index (χ3v) is 4.34. The molecular formula is C14H21N3S. The number of nitrogens with zero attached hydrogens (tertiary/aromatic N) is 1. The van der Waals surface area contributed by atoms with E-state index in [4.69, 9.17) is 0 Å². The van der Waals surface area contributed by atoms with E-state index < -0.39 is 0 Å². The van der Waals surface area contributed by atoms with Crippen molar-refractivity contribution in [2.75, 3.05) is 6.54 Å². The highest BCUT2D eigenvalue weighted by atomic mass is 32.2. The molecule has 2 rings (SSSR count). The predicted octanol–water partition coefficient (Wildman–Crippen LogP) is 3.35. The lowest BCUT2D eigenvalue weighted by molar-refractivity contribution is 0.562. The lowest BCUT2D eigenvalue weighted by Crippen LogP contribution is -2.33. The number of hydrogen-bond donors (Lipinski definition) is 2. The molecule has 0 radical (unpaired) electrons. The van der Waals surface area contributed by atoms with Crippen molar-refractivity contribution in [3.05, 3.63) is 23.8 Å². The first-order valence-corrected chi connectivity index (χ1v) is 7.34. The summed E-state index contributed by atoms with van der Waals surface area (Å²) in [6.45, 7) is 9.69. The molecule has 2 unspecified atom stereocenters. The number of imidazole rings is 1. The molecule has 98 valence electrons. The highest BCUT2D eigenvalue weighted by molar-refractivity contribution is 7.99. The van der Waals surface area contributed by atoms with E-state index in [9.17, 15) is 0 Å². The molecule has 0 saturated carbocycles. The molecule has 1 aromatic heterocycles. The molecule has 0 aliphatic rings. The molecule has 0 aliphatic heterocycles. The number of fused-ring (bicyclic) bond motifs is 1. The number of rotatable bonds is 5. The van der Waals surface area contributed by atoms with Gasteiger partial charge in [-0.25, -0.2) is 4.98 Å². The summed E-state index contributed by atoms with van der Waals surface area (Å²) >= 11 is 1.79. The van der Waals surface area contributed by atoms with E-state index in [0.29, 0.717) is 11.3 Å². The Balaban J connectivity index is 2.12. The first-order chi connectivity index (χ1) is 8.60. The maximum atomic E-state index is 4.62. The SMILES string of the molecule is CCNC(C)C(C)Sc1nc2ccc(C)cc2[nH]1. The standard InChI is InChI=1S/C14H21N3S/c1-5-15-10(3)11(4)18-14-16-12-7-6-9(2)8-13(12)17-14/h6-8,10-11,15H,5H2,1-4H3,(H,16,17). The van der Waals surface area contributed by atoms with Gasteiger partial charge in [0.05, 0.1) is 11.0 Å². The van der Waals surface area contributed by atoms with Crippen LogP contribution >= 0.6 is 11.8 Å². The Morgan fingerprint density at radius 3 is 2.89 bits per heavy atom. The molecule has 4 heteroatoms. The van der Waals surface area contributed by atoms with Gasteiger partial charge in [0, 0.05) is 11.3 Å². The van der Waals surface area contributed by atoms with E-state index >= 15 is 0 Å². The minimum absolute atomic E-state index is 0.481. The number of hydrogen-bond acceptors (Lipinski definition) is 3. The zero-order valence-corrected chi connectivity index (χ0v) is 12.3. The number of aromatic nitrogens is 2. The number of benzene rings is 1. The van der Waals surface area contributed by atoms with Crippen LogP contribution in [0.3, 0.4) is 0 Å². The van der Waals surface area contributed by atoms with Crippen molar-refractivity contribution in [2.24, 2.45) is 0 Å². The molecule has 18 heavy (non-hydrogen) atoms. The van der Waals surface area contributed by atoms with Crippen molar-refractivity contribution >= 4 is 22.8 Å². The van der Waals surface area contributed by atoms with E-state index in [-0.39, 0.29) is 0 Å². The van der Waals surface area contributed by atoms with E-state index in [1.807, 2.05) is 0 Å². The van der Waals surface area contributed by atoms with Crippen molar-refractivity contribution in [1.29, 1.82) is 0 Å². The Hall–Kier alpha value is -1.00. The van der Waals surface area contributed by atoms with Crippen LogP contribution in [0.4, 0.5) is 0 Å². The van der Waals surface area contributed by atoms with E-state index in [2.05, 4.69) is 61.2 Å². The molecule has 0 spiro atoms. The van der Waals surface area contributed by atoms with E-state index in [1.54, 1.807) is 11.8 Å². The summed E-state index contributed by atoms with van der Waals surface area (Å²) in [7, 11) is 0. The van der Waals surface area contributed by atoms with Crippen LogP contribution in [0, 0.1) is 6.92 Å². The largest absolute Gasteiger partial charge is 0.333 e. The molecule has 2 aromatic rings. The summed E-state index contributed by atoms with van der Waals surface area (Å²) in [4.78, 5) is 8.00. The van der Waals surface area contributed by atoms with Crippen LogP contribution in [0.1, 0.15) is 26.3 Å². The molecule has 2 N–H and O–H groups in total. The number of aromatic amines is 1. The van der Waals surface area contributed by atoms with Crippen molar-refractivity contribution in [3.8, 4) is 0 Å². The summed E-state index contributed by atoms with van der Waals surface area (Å²) in [5.74, 6) is 0. The van der Waals surface area contributed by atoms with Gasteiger partial charge in [0.25, 0.3) is 0 Å². The lowest BCUT2D eigenvalue weighted by atomic mass is 10.2. The van der Waals surface area contributed by atoms with Gasteiger partial charge in [0.1, 0.15) is 0 Å². The molecule has 0 fully saturated rings.